The lowest BCUT2D eigenvalue weighted by atomic mass is 10.1. The highest BCUT2D eigenvalue weighted by Gasteiger charge is 2.09. The summed E-state index contributed by atoms with van der Waals surface area (Å²) in [5.41, 5.74) is 9.65. The molecule has 0 bridgehead atoms. The molecule has 1 aromatic rings. The van der Waals surface area contributed by atoms with Crippen LogP contribution in [0.2, 0.25) is 0 Å². The van der Waals surface area contributed by atoms with Crippen LogP contribution in [0.15, 0.2) is 18.2 Å². The van der Waals surface area contributed by atoms with E-state index in [0.29, 0.717) is 4.99 Å². The van der Waals surface area contributed by atoms with Crippen LogP contribution in [0.5, 0.6) is 0 Å². The van der Waals surface area contributed by atoms with Crippen molar-refractivity contribution in [3.05, 3.63) is 34.9 Å². The van der Waals surface area contributed by atoms with Gasteiger partial charge in [-0.05, 0) is 37.6 Å². The van der Waals surface area contributed by atoms with Crippen molar-refractivity contribution in [3.8, 4) is 0 Å². The van der Waals surface area contributed by atoms with Gasteiger partial charge in [0.2, 0.25) is 0 Å². The first-order valence-electron chi connectivity index (χ1n) is 5.94. The second-order valence-corrected chi connectivity index (χ2v) is 5.39. The van der Waals surface area contributed by atoms with Crippen LogP contribution in [0.1, 0.15) is 23.6 Å². The van der Waals surface area contributed by atoms with Gasteiger partial charge in [0.05, 0.1) is 4.99 Å². The van der Waals surface area contributed by atoms with Gasteiger partial charge in [-0.15, -0.1) is 0 Å². The summed E-state index contributed by atoms with van der Waals surface area (Å²) >= 11 is 4.99. The van der Waals surface area contributed by atoms with Crippen molar-refractivity contribution in [2.75, 3.05) is 13.6 Å². The molecule has 0 aliphatic heterocycles. The normalized spacial score (nSPS) is 12.8. The zero-order valence-electron chi connectivity index (χ0n) is 11.2. The Kier molecular flexibility index (Phi) is 5.09. The summed E-state index contributed by atoms with van der Waals surface area (Å²) in [7, 11) is 2.10. The molecule has 1 rings (SSSR count). The molecule has 0 fully saturated rings. The van der Waals surface area contributed by atoms with Crippen molar-refractivity contribution in [2.45, 2.75) is 27.3 Å². The standard InChI is InChI=1S/C14H22N2S/c1-10-5-6-13(7-11(10)2)9-16(4)8-12(3)14(15)17/h5-7,12H,8-9H2,1-4H3,(H2,15,17). The molecule has 0 aromatic heterocycles. The number of hydrogen-bond donors (Lipinski definition) is 1. The van der Waals surface area contributed by atoms with E-state index in [1.165, 1.54) is 16.7 Å². The molecule has 0 spiro atoms. The Labute approximate surface area is 110 Å². The van der Waals surface area contributed by atoms with Crippen molar-refractivity contribution in [2.24, 2.45) is 11.7 Å². The van der Waals surface area contributed by atoms with Crippen LogP contribution >= 0.6 is 12.2 Å². The summed E-state index contributed by atoms with van der Waals surface area (Å²) in [5, 5.41) is 0. The molecule has 1 atom stereocenters. The molecule has 0 saturated heterocycles. The molecule has 1 aromatic carbocycles. The molecule has 0 aliphatic rings. The van der Waals surface area contributed by atoms with E-state index in [0.717, 1.165) is 13.1 Å². The van der Waals surface area contributed by atoms with E-state index in [1.807, 2.05) is 0 Å². The van der Waals surface area contributed by atoms with Crippen molar-refractivity contribution in [1.29, 1.82) is 0 Å². The molecule has 1 unspecified atom stereocenters. The van der Waals surface area contributed by atoms with E-state index in [1.54, 1.807) is 0 Å². The fraction of sp³-hybridized carbons (Fsp3) is 0.500. The van der Waals surface area contributed by atoms with Crippen LogP contribution in [0, 0.1) is 19.8 Å². The number of thiocarbonyl (C=S) groups is 1. The molecular weight excluding hydrogens is 228 g/mol. The highest BCUT2D eigenvalue weighted by molar-refractivity contribution is 7.80. The maximum Gasteiger partial charge on any atom is 0.0768 e. The fourth-order valence-corrected chi connectivity index (χ4v) is 1.91. The summed E-state index contributed by atoms with van der Waals surface area (Å²) in [6.07, 6.45) is 0. The van der Waals surface area contributed by atoms with Crippen LogP contribution in [0.3, 0.4) is 0 Å². The smallest absolute Gasteiger partial charge is 0.0768 e. The summed E-state index contributed by atoms with van der Waals surface area (Å²) in [4.78, 5) is 2.85. The van der Waals surface area contributed by atoms with Gasteiger partial charge in [-0.3, -0.25) is 0 Å². The van der Waals surface area contributed by atoms with E-state index in [-0.39, 0.29) is 5.92 Å². The molecular formula is C14H22N2S. The molecule has 3 heteroatoms. The highest BCUT2D eigenvalue weighted by atomic mass is 32.1. The van der Waals surface area contributed by atoms with Gasteiger partial charge < -0.3 is 10.6 Å². The van der Waals surface area contributed by atoms with E-state index < -0.39 is 0 Å². The Morgan fingerprint density at radius 2 is 2.00 bits per heavy atom. The Bertz CT molecular complexity index is 401. The molecule has 2 N–H and O–H groups in total. The molecule has 0 amide bonds. The third kappa shape index (κ3) is 4.44. The molecule has 94 valence electrons. The minimum Gasteiger partial charge on any atom is -0.393 e. The van der Waals surface area contributed by atoms with Crippen LogP contribution in [-0.4, -0.2) is 23.5 Å². The van der Waals surface area contributed by atoms with Gasteiger partial charge in [0.25, 0.3) is 0 Å². The summed E-state index contributed by atoms with van der Waals surface area (Å²) in [5.74, 6) is 0.265. The predicted octanol–water partition coefficient (Wildman–Crippen LogP) is 2.66. The molecule has 0 aliphatic carbocycles. The van der Waals surface area contributed by atoms with E-state index >= 15 is 0 Å². The summed E-state index contributed by atoms with van der Waals surface area (Å²) in [6.45, 7) is 8.20. The third-order valence-corrected chi connectivity index (χ3v) is 3.50. The molecule has 0 saturated carbocycles. The maximum atomic E-state index is 5.63. The third-order valence-electron chi connectivity index (χ3n) is 3.10. The average molecular weight is 250 g/mol. The first-order chi connectivity index (χ1) is 7.90. The zero-order chi connectivity index (χ0) is 13.0. The van der Waals surface area contributed by atoms with Gasteiger partial charge in [0.1, 0.15) is 0 Å². The van der Waals surface area contributed by atoms with Gasteiger partial charge in [0, 0.05) is 19.0 Å². The van der Waals surface area contributed by atoms with Gasteiger partial charge in [-0.1, -0.05) is 37.3 Å². The van der Waals surface area contributed by atoms with Crippen LogP contribution in [-0.2, 0) is 6.54 Å². The van der Waals surface area contributed by atoms with Crippen LogP contribution in [0.4, 0.5) is 0 Å². The van der Waals surface area contributed by atoms with E-state index in [2.05, 4.69) is 50.9 Å². The van der Waals surface area contributed by atoms with Crippen molar-refractivity contribution < 1.29 is 0 Å². The quantitative estimate of drug-likeness (QED) is 0.815. The lowest BCUT2D eigenvalue weighted by Crippen LogP contribution is -2.31. The Balaban J connectivity index is 2.58. The second-order valence-electron chi connectivity index (χ2n) is 4.92. The van der Waals surface area contributed by atoms with Gasteiger partial charge in [-0.25, -0.2) is 0 Å². The largest absolute Gasteiger partial charge is 0.393 e. The Hall–Kier alpha value is -0.930. The predicted molar refractivity (Wildman–Crippen MR) is 78.2 cm³/mol. The number of hydrogen-bond acceptors (Lipinski definition) is 2. The Morgan fingerprint density at radius 1 is 1.35 bits per heavy atom. The lowest BCUT2D eigenvalue weighted by Gasteiger charge is -2.21. The van der Waals surface area contributed by atoms with Gasteiger partial charge in [0.15, 0.2) is 0 Å². The molecule has 2 nitrogen and oxygen atoms in total. The average Bonchev–Trinajstić information content (AvgIpc) is 2.23. The minimum atomic E-state index is 0.265. The molecule has 0 radical (unpaired) electrons. The van der Waals surface area contributed by atoms with Crippen molar-refractivity contribution in [1.82, 2.24) is 4.90 Å². The van der Waals surface area contributed by atoms with Gasteiger partial charge >= 0.3 is 0 Å². The van der Waals surface area contributed by atoms with E-state index in [4.69, 9.17) is 18.0 Å². The zero-order valence-corrected chi connectivity index (χ0v) is 12.0. The number of rotatable bonds is 5. The number of nitrogens with zero attached hydrogens (tertiary/aromatic N) is 1. The van der Waals surface area contributed by atoms with Crippen LogP contribution in [0.25, 0.3) is 0 Å². The van der Waals surface area contributed by atoms with Crippen molar-refractivity contribution in [3.63, 3.8) is 0 Å². The van der Waals surface area contributed by atoms with Crippen LogP contribution < -0.4 is 5.73 Å². The molecule has 0 heterocycles. The highest BCUT2D eigenvalue weighted by Crippen LogP contribution is 2.12. The fourth-order valence-electron chi connectivity index (χ4n) is 1.84. The minimum absolute atomic E-state index is 0.265. The van der Waals surface area contributed by atoms with Gasteiger partial charge in [-0.2, -0.15) is 0 Å². The first kappa shape index (κ1) is 14.1. The first-order valence-corrected chi connectivity index (χ1v) is 6.35. The summed E-state index contributed by atoms with van der Waals surface area (Å²) in [6, 6.07) is 6.61. The van der Waals surface area contributed by atoms with Crippen molar-refractivity contribution >= 4 is 17.2 Å². The number of benzene rings is 1. The monoisotopic (exact) mass is 250 g/mol. The maximum absolute atomic E-state index is 5.63. The Morgan fingerprint density at radius 3 is 2.53 bits per heavy atom. The molecule has 17 heavy (non-hydrogen) atoms. The number of aryl methyl sites for hydroxylation is 2. The second kappa shape index (κ2) is 6.12. The number of nitrogens with two attached hydrogens (primary N) is 1. The topological polar surface area (TPSA) is 29.3 Å². The summed E-state index contributed by atoms with van der Waals surface area (Å²) < 4.78 is 0. The SMILES string of the molecule is Cc1ccc(CN(C)CC(C)C(N)=S)cc1C. The van der Waals surface area contributed by atoms with E-state index in [9.17, 15) is 0 Å². The lowest BCUT2D eigenvalue weighted by molar-refractivity contribution is 0.307.